The first-order valence-electron chi connectivity index (χ1n) is 5.95. The molecule has 0 fully saturated rings. The van der Waals surface area contributed by atoms with E-state index in [0.717, 1.165) is 0 Å². The summed E-state index contributed by atoms with van der Waals surface area (Å²) in [5.74, 6) is -0.860. The molecule has 0 aliphatic rings. The summed E-state index contributed by atoms with van der Waals surface area (Å²) in [6.07, 6.45) is 0.716. The van der Waals surface area contributed by atoms with E-state index in [1.54, 1.807) is 0 Å². The number of anilines is 1. The lowest BCUT2D eigenvalue weighted by Crippen LogP contribution is -2.39. The van der Waals surface area contributed by atoms with Gasteiger partial charge in [-0.15, -0.1) is 0 Å². The van der Waals surface area contributed by atoms with Crippen LogP contribution in [-0.2, 0) is 9.53 Å². The third kappa shape index (κ3) is 4.95. The van der Waals surface area contributed by atoms with E-state index in [1.807, 2.05) is 6.92 Å². The molecular weight excluding hydrogens is 251 g/mol. The van der Waals surface area contributed by atoms with Crippen molar-refractivity contribution < 1.29 is 18.7 Å². The fraction of sp³-hybridized carbons (Fsp3) is 0.385. The molecule has 0 aromatic heterocycles. The van der Waals surface area contributed by atoms with Crippen molar-refractivity contribution in [2.24, 2.45) is 0 Å². The molecule has 1 aromatic rings. The molecule has 1 aromatic carbocycles. The lowest BCUT2D eigenvalue weighted by Gasteiger charge is -2.21. The minimum Gasteiger partial charge on any atom is -0.468 e. The van der Waals surface area contributed by atoms with E-state index >= 15 is 0 Å². The van der Waals surface area contributed by atoms with Crippen LogP contribution in [0.1, 0.15) is 13.3 Å². The SMILES string of the molecule is CCCN(CC(=O)OC)C(=O)Nc1ccc(F)cc1. The van der Waals surface area contributed by atoms with Gasteiger partial charge < -0.3 is 15.0 Å². The Labute approximate surface area is 111 Å². The van der Waals surface area contributed by atoms with Gasteiger partial charge in [0, 0.05) is 12.2 Å². The summed E-state index contributed by atoms with van der Waals surface area (Å²) < 4.78 is 17.3. The number of nitrogens with zero attached hydrogens (tertiary/aromatic N) is 1. The minimum absolute atomic E-state index is 0.114. The number of benzene rings is 1. The minimum atomic E-state index is -0.484. The van der Waals surface area contributed by atoms with Crippen LogP contribution in [0.3, 0.4) is 0 Å². The van der Waals surface area contributed by atoms with E-state index in [0.29, 0.717) is 18.7 Å². The van der Waals surface area contributed by atoms with Gasteiger partial charge in [0.2, 0.25) is 0 Å². The standard InChI is InChI=1S/C13H17FN2O3/c1-3-8-16(9-12(17)19-2)13(18)15-11-6-4-10(14)5-7-11/h4-7H,3,8-9H2,1-2H3,(H,15,18). The Hall–Kier alpha value is -2.11. The fourth-order valence-corrected chi connectivity index (χ4v) is 1.48. The molecule has 2 amide bonds. The maximum absolute atomic E-state index is 12.7. The first-order chi connectivity index (χ1) is 9.06. The largest absolute Gasteiger partial charge is 0.468 e. The Balaban J connectivity index is 2.65. The molecule has 0 atom stereocenters. The zero-order chi connectivity index (χ0) is 14.3. The second-order valence-electron chi connectivity index (χ2n) is 3.93. The van der Waals surface area contributed by atoms with Crippen LogP contribution in [0.4, 0.5) is 14.9 Å². The maximum atomic E-state index is 12.7. The number of urea groups is 1. The van der Waals surface area contributed by atoms with E-state index in [2.05, 4.69) is 10.1 Å². The van der Waals surface area contributed by atoms with Gasteiger partial charge in [-0.25, -0.2) is 9.18 Å². The zero-order valence-corrected chi connectivity index (χ0v) is 11.0. The van der Waals surface area contributed by atoms with Crippen LogP contribution >= 0.6 is 0 Å². The number of amides is 2. The van der Waals surface area contributed by atoms with Crippen molar-refractivity contribution in [1.82, 2.24) is 4.90 Å². The van der Waals surface area contributed by atoms with Gasteiger partial charge in [0.05, 0.1) is 7.11 Å². The lowest BCUT2D eigenvalue weighted by atomic mass is 10.3. The summed E-state index contributed by atoms with van der Waals surface area (Å²) in [5.41, 5.74) is 0.470. The Morgan fingerprint density at radius 1 is 1.32 bits per heavy atom. The summed E-state index contributed by atoms with van der Waals surface area (Å²) in [6.45, 7) is 2.22. The van der Waals surface area contributed by atoms with Crippen molar-refractivity contribution in [3.05, 3.63) is 30.1 Å². The molecule has 0 aliphatic heterocycles. The molecule has 0 bridgehead atoms. The quantitative estimate of drug-likeness (QED) is 0.833. The van der Waals surface area contributed by atoms with Crippen LogP contribution in [0.2, 0.25) is 0 Å². The summed E-state index contributed by atoms with van der Waals surface area (Å²) in [4.78, 5) is 24.5. The number of rotatable bonds is 5. The number of ether oxygens (including phenoxy) is 1. The highest BCUT2D eigenvalue weighted by molar-refractivity contribution is 5.91. The van der Waals surface area contributed by atoms with E-state index in [9.17, 15) is 14.0 Å². The molecule has 104 valence electrons. The Morgan fingerprint density at radius 3 is 2.47 bits per heavy atom. The second-order valence-corrected chi connectivity index (χ2v) is 3.93. The molecule has 1 rings (SSSR count). The Morgan fingerprint density at radius 2 is 1.95 bits per heavy atom. The molecule has 0 unspecified atom stereocenters. The predicted molar refractivity (Wildman–Crippen MR) is 69.3 cm³/mol. The average molecular weight is 268 g/mol. The number of hydrogen-bond donors (Lipinski definition) is 1. The Kier molecular flexibility index (Phi) is 5.78. The topological polar surface area (TPSA) is 58.6 Å². The third-order valence-electron chi connectivity index (χ3n) is 2.42. The van der Waals surface area contributed by atoms with Crippen molar-refractivity contribution in [1.29, 1.82) is 0 Å². The number of nitrogens with one attached hydrogen (secondary N) is 1. The van der Waals surface area contributed by atoms with Crippen molar-refractivity contribution in [3.63, 3.8) is 0 Å². The molecule has 5 nitrogen and oxygen atoms in total. The number of hydrogen-bond acceptors (Lipinski definition) is 3. The molecule has 0 spiro atoms. The second kappa shape index (κ2) is 7.35. The van der Waals surface area contributed by atoms with Crippen molar-refractivity contribution in [2.45, 2.75) is 13.3 Å². The molecule has 0 heterocycles. The average Bonchev–Trinajstić information content (AvgIpc) is 2.40. The van der Waals surface area contributed by atoms with Gasteiger partial charge >= 0.3 is 12.0 Å². The van der Waals surface area contributed by atoms with Crippen LogP contribution in [0, 0.1) is 5.82 Å². The number of esters is 1. The van der Waals surface area contributed by atoms with Crippen LogP contribution in [-0.4, -0.2) is 37.1 Å². The molecule has 1 N–H and O–H groups in total. The molecule has 0 aliphatic carbocycles. The van der Waals surface area contributed by atoms with Gasteiger partial charge in [-0.3, -0.25) is 4.79 Å². The number of halogens is 1. The molecule has 0 radical (unpaired) electrons. The van der Waals surface area contributed by atoms with Crippen LogP contribution in [0.25, 0.3) is 0 Å². The summed E-state index contributed by atoms with van der Waals surface area (Å²) in [5, 5.41) is 2.60. The number of carbonyl (C=O) groups excluding carboxylic acids is 2. The van der Waals surface area contributed by atoms with E-state index in [1.165, 1.54) is 36.3 Å². The fourth-order valence-electron chi connectivity index (χ4n) is 1.48. The van der Waals surface area contributed by atoms with Crippen LogP contribution in [0.5, 0.6) is 0 Å². The Bertz CT molecular complexity index is 434. The van der Waals surface area contributed by atoms with Gasteiger partial charge in [0.15, 0.2) is 0 Å². The van der Waals surface area contributed by atoms with Crippen molar-refractivity contribution in [2.75, 3.05) is 25.5 Å². The lowest BCUT2D eigenvalue weighted by molar-refractivity contribution is -0.141. The molecule has 19 heavy (non-hydrogen) atoms. The molecule has 6 heteroatoms. The highest BCUT2D eigenvalue weighted by Crippen LogP contribution is 2.09. The zero-order valence-electron chi connectivity index (χ0n) is 11.0. The molecule has 0 saturated heterocycles. The van der Waals surface area contributed by atoms with Crippen molar-refractivity contribution >= 4 is 17.7 Å². The van der Waals surface area contributed by atoms with Gasteiger partial charge in [0.25, 0.3) is 0 Å². The maximum Gasteiger partial charge on any atom is 0.325 e. The smallest absolute Gasteiger partial charge is 0.325 e. The summed E-state index contributed by atoms with van der Waals surface area (Å²) in [6, 6.07) is 4.99. The summed E-state index contributed by atoms with van der Waals surface area (Å²) in [7, 11) is 1.27. The number of methoxy groups -OCH3 is 1. The molecule has 0 saturated carbocycles. The first kappa shape index (κ1) is 14.9. The van der Waals surface area contributed by atoms with E-state index in [-0.39, 0.29) is 12.4 Å². The van der Waals surface area contributed by atoms with Crippen LogP contribution < -0.4 is 5.32 Å². The van der Waals surface area contributed by atoms with Gasteiger partial charge in [-0.05, 0) is 30.7 Å². The summed E-state index contributed by atoms with van der Waals surface area (Å²) >= 11 is 0. The molecular formula is C13H17FN2O3. The third-order valence-corrected chi connectivity index (χ3v) is 2.42. The van der Waals surface area contributed by atoms with Crippen LogP contribution in [0.15, 0.2) is 24.3 Å². The van der Waals surface area contributed by atoms with Gasteiger partial charge in [0.1, 0.15) is 12.4 Å². The normalized spacial score (nSPS) is 9.84. The highest BCUT2D eigenvalue weighted by Gasteiger charge is 2.16. The van der Waals surface area contributed by atoms with E-state index in [4.69, 9.17) is 0 Å². The number of carbonyl (C=O) groups is 2. The van der Waals surface area contributed by atoms with Gasteiger partial charge in [-0.1, -0.05) is 6.92 Å². The van der Waals surface area contributed by atoms with Gasteiger partial charge in [-0.2, -0.15) is 0 Å². The highest BCUT2D eigenvalue weighted by atomic mass is 19.1. The first-order valence-corrected chi connectivity index (χ1v) is 5.95. The predicted octanol–water partition coefficient (Wildman–Crippen LogP) is 2.24. The van der Waals surface area contributed by atoms with Crippen molar-refractivity contribution in [3.8, 4) is 0 Å². The van der Waals surface area contributed by atoms with E-state index < -0.39 is 12.0 Å². The monoisotopic (exact) mass is 268 g/mol.